The lowest BCUT2D eigenvalue weighted by Gasteiger charge is -2.32. The molecule has 0 saturated heterocycles. The Hall–Kier alpha value is -2.37. The van der Waals surface area contributed by atoms with Crippen LogP contribution in [0.4, 0.5) is 4.79 Å². The molecule has 0 unspecified atom stereocenters. The molecule has 0 fully saturated rings. The summed E-state index contributed by atoms with van der Waals surface area (Å²) in [5, 5.41) is 7.93. The van der Waals surface area contributed by atoms with E-state index in [1.807, 2.05) is 41.8 Å². The van der Waals surface area contributed by atoms with Gasteiger partial charge in [0.15, 0.2) is 5.82 Å². The Morgan fingerprint density at radius 2 is 2.15 bits per heavy atom. The third-order valence-corrected chi connectivity index (χ3v) is 3.51. The molecule has 0 spiro atoms. The van der Waals surface area contributed by atoms with Gasteiger partial charge in [-0.15, -0.1) is 10.2 Å². The van der Waals surface area contributed by atoms with Crippen molar-refractivity contribution in [2.45, 2.75) is 26.1 Å². The Bertz CT molecular complexity index is 596. The van der Waals surface area contributed by atoms with Crippen molar-refractivity contribution in [2.75, 3.05) is 6.54 Å². The number of carbonyl (C=O) groups is 1. The van der Waals surface area contributed by atoms with Gasteiger partial charge in [-0.05, 0) is 12.5 Å². The maximum atomic E-state index is 12.2. The molecule has 20 heavy (non-hydrogen) atoms. The number of aromatic nitrogens is 3. The van der Waals surface area contributed by atoms with Crippen LogP contribution in [0.3, 0.4) is 0 Å². The number of carbonyl (C=O) groups excluding carboxylic acids is 1. The van der Waals surface area contributed by atoms with Crippen molar-refractivity contribution in [1.29, 1.82) is 0 Å². The van der Waals surface area contributed by atoms with Crippen molar-refractivity contribution in [3.05, 3.63) is 48.0 Å². The maximum Gasteiger partial charge on any atom is 0.410 e. The van der Waals surface area contributed by atoms with Crippen molar-refractivity contribution >= 4 is 6.09 Å². The van der Waals surface area contributed by atoms with Crippen LogP contribution in [-0.2, 0) is 17.9 Å². The first kappa shape index (κ1) is 12.7. The highest BCUT2D eigenvalue weighted by Gasteiger charge is 2.30. The second kappa shape index (κ2) is 5.32. The zero-order chi connectivity index (χ0) is 13.9. The smallest absolute Gasteiger partial charge is 0.410 e. The first-order valence-electron chi connectivity index (χ1n) is 6.61. The van der Waals surface area contributed by atoms with E-state index in [0.29, 0.717) is 13.1 Å². The van der Waals surface area contributed by atoms with Crippen molar-refractivity contribution in [2.24, 2.45) is 0 Å². The summed E-state index contributed by atoms with van der Waals surface area (Å²) in [6.07, 6.45) is 1.38. The molecule has 1 aromatic heterocycles. The number of rotatable bonds is 2. The standard InChI is InChI=1S/C14H16N4O2/c1-11-13-16-15-10-17(13)7-8-18(11)14(19)20-9-12-5-3-2-4-6-12/h2-6,10-11H,7-9H2,1H3/t11-/m1/s1. The van der Waals surface area contributed by atoms with Crippen LogP contribution in [0.15, 0.2) is 36.7 Å². The van der Waals surface area contributed by atoms with Crippen molar-refractivity contribution in [3.8, 4) is 0 Å². The van der Waals surface area contributed by atoms with E-state index in [4.69, 9.17) is 4.74 Å². The fourth-order valence-electron chi connectivity index (χ4n) is 2.36. The summed E-state index contributed by atoms with van der Waals surface area (Å²) in [5.74, 6) is 0.799. The third kappa shape index (κ3) is 2.36. The first-order chi connectivity index (χ1) is 9.75. The normalized spacial score (nSPS) is 17.6. The molecule has 1 atom stereocenters. The van der Waals surface area contributed by atoms with Crippen molar-refractivity contribution < 1.29 is 9.53 Å². The fraction of sp³-hybridized carbons (Fsp3) is 0.357. The molecule has 1 aromatic carbocycles. The monoisotopic (exact) mass is 272 g/mol. The number of fused-ring (bicyclic) bond motifs is 1. The van der Waals surface area contributed by atoms with Crippen molar-refractivity contribution in [1.82, 2.24) is 19.7 Å². The molecule has 0 N–H and O–H groups in total. The Labute approximate surface area is 117 Å². The molecule has 0 aliphatic carbocycles. The van der Waals surface area contributed by atoms with Gasteiger partial charge in [0.2, 0.25) is 0 Å². The zero-order valence-electron chi connectivity index (χ0n) is 11.3. The highest BCUT2D eigenvalue weighted by Crippen LogP contribution is 2.23. The van der Waals surface area contributed by atoms with E-state index in [-0.39, 0.29) is 18.7 Å². The quantitative estimate of drug-likeness (QED) is 0.839. The van der Waals surface area contributed by atoms with Crippen LogP contribution in [0.5, 0.6) is 0 Å². The molecular weight excluding hydrogens is 256 g/mol. The predicted octanol–water partition coefficient (Wildman–Crippen LogP) is 1.99. The van der Waals surface area contributed by atoms with Gasteiger partial charge in [0, 0.05) is 13.1 Å². The van der Waals surface area contributed by atoms with E-state index >= 15 is 0 Å². The first-order valence-corrected chi connectivity index (χ1v) is 6.61. The Morgan fingerprint density at radius 1 is 1.35 bits per heavy atom. The summed E-state index contributed by atoms with van der Waals surface area (Å²) in [6, 6.07) is 9.54. The van der Waals surface area contributed by atoms with Gasteiger partial charge in [-0.25, -0.2) is 4.79 Å². The summed E-state index contributed by atoms with van der Waals surface area (Å²) >= 11 is 0. The van der Waals surface area contributed by atoms with E-state index in [9.17, 15) is 4.79 Å². The highest BCUT2D eigenvalue weighted by molar-refractivity contribution is 5.68. The van der Waals surface area contributed by atoms with Gasteiger partial charge in [0.25, 0.3) is 0 Å². The molecule has 0 saturated carbocycles. The lowest BCUT2D eigenvalue weighted by atomic mass is 10.2. The van der Waals surface area contributed by atoms with E-state index < -0.39 is 0 Å². The zero-order valence-corrected chi connectivity index (χ0v) is 11.3. The lowest BCUT2D eigenvalue weighted by Crippen LogP contribution is -2.41. The molecule has 1 aliphatic heterocycles. The van der Waals surface area contributed by atoms with E-state index in [2.05, 4.69) is 10.2 Å². The topological polar surface area (TPSA) is 60.2 Å². The molecule has 1 amide bonds. The molecule has 6 heteroatoms. The predicted molar refractivity (Wildman–Crippen MR) is 71.8 cm³/mol. The maximum absolute atomic E-state index is 12.2. The fourth-order valence-corrected chi connectivity index (χ4v) is 2.36. The van der Waals surface area contributed by atoms with Crippen LogP contribution < -0.4 is 0 Å². The van der Waals surface area contributed by atoms with Gasteiger partial charge < -0.3 is 9.30 Å². The number of nitrogens with zero attached hydrogens (tertiary/aromatic N) is 4. The molecular formula is C14H16N4O2. The Balaban J connectivity index is 1.64. The average molecular weight is 272 g/mol. The molecule has 6 nitrogen and oxygen atoms in total. The Morgan fingerprint density at radius 3 is 2.95 bits per heavy atom. The van der Waals surface area contributed by atoms with Gasteiger partial charge in [-0.3, -0.25) is 4.90 Å². The van der Waals surface area contributed by atoms with Gasteiger partial charge in [-0.1, -0.05) is 30.3 Å². The number of amides is 1. The van der Waals surface area contributed by atoms with Crippen LogP contribution in [0.25, 0.3) is 0 Å². The number of hydrogen-bond acceptors (Lipinski definition) is 4. The van der Waals surface area contributed by atoms with Crippen LogP contribution in [0.2, 0.25) is 0 Å². The lowest BCUT2D eigenvalue weighted by molar-refractivity contribution is 0.0726. The summed E-state index contributed by atoms with van der Waals surface area (Å²) in [5.41, 5.74) is 0.980. The van der Waals surface area contributed by atoms with Gasteiger partial charge in [-0.2, -0.15) is 0 Å². The van der Waals surface area contributed by atoms with E-state index in [0.717, 1.165) is 11.4 Å². The molecule has 0 radical (unpaired) electrons. The molecule has 2 heterocycles. The van der Waals surface area contributed by atoms with E-state index in [1.54, 1.807) is 11.2 Å². The van der Waals surface area contributed by atoms with Crippen molar-refractivity contribution in [3.63, 3.8) is 0 Å². The summed E-state index contributed by atoms with van der Waals surface area (Å²) in [4.78, 5) is 13.8. The SMILES string of the molecule is C[C@@H]1c2nncn2CCN1C(=O)OCc1ccccc1. The van der Waals surface area contributed by atoms with E-state index in [1.165, 1.54) is 0 Å². The largest absolute Gasteiger partial charge is 0.445 e. The highest BCUT2D eigenvalue weighted by atomic mass is 16.6. The average Bonchev–Trinajstić information content (AvgIpc) is 2.96. The summed E-state index contributed by atoms with van der Waals surface area (Å²) < 4.78 is 7.32. The minimum atomic E-state index is -0.310. The van der Waals surface area contributed by atoms with Crippen LogP contribution in [0, 0.1) is 0 Å². The number of benzene rings is 1. The van der Waals surface area contributed by atoms with Gasteiger partial charge >= 0.3 is 6.09 Å². The minimum absolute atomic E-state index is 0.116. The molecule has 1 aliphatic rings. The number of hydrogen-bond donors (Lipinski definition) is 0. The van der Waals surface area contributed by atoms with Crippen LogP contribution >= 0.6 is 0 Å². The molecule has 0 bridgehead atoms. The summed E-state index contributed by atoms with van der Waals surface area (Å²) in [7, 11) is 0. The van der Waals surface area contributed by atoms with Crippen LogP contribution in [-0.4, -0.2) is 32.3 Å². The second-order valence-electron chi connectivity index (χ2n) is 4.79. The molecule has 3 rings (SSSR count). The van der Waals surface area contributed by atoms with Crippen LogP contribution in [0.1, 0.15) is 24.4 Å². The van der Waals surface area contributed by atoms with Gasteiger partial charge in [0.1, 0.15) is 12.9 Å². The van der Waals surface area contributed by atoms with Gasteiger partial charge in [0.05, 0.1) is 6.04 Å². The minimum Gasteiger partial charge on any atom is -0.445 e. The Kier molecular flexibility index (Phi) is 3.37. The third-order valence-electron chi connectivity index (χ3n) is 3.51. The number of ether oxygens (including phenoxy) is 1. The summed E-state index contributed by atoms with van der Waals surface area (Å²) in [6.45, 7) is 3.53. The molecule has 104 valence electrons. The molecule has 2 aromatic rings. The second-order valence-corrected chi connectivity index (χ2v) is 4.79.